The number of carbonyl (C=O) groups excluding carboxylic acids is 3. The lowest BCUT2D eigenvalue weighted by Crippen LogP contribution is -2.54. The first-order valence-corrected chi connectivity index (χ1v) is 9.06. The third-order valence-electron chi connectivity index (χ3n) is 3.89. The SMILES string of the molecule is CC(C)C[C@@H](NC(=O)[C@@H](Cc1ccccc1)NC(=O)CNC(=O)CN)C(=O)O. The number of nitrogens with one attached hydrogen (secondary N) is 3. The van der Waals surface area contributed by atoms with Gasteiger partial charge in [0.05, 0.1) is 13.1 Å². The molecule has 0 aliphatic carbocycles. The maximum Gasteiger partial charge on any atom is 0.326 e. The molecule has 0 aliphatic rings. The number of aliphatic carboxylic acids is 1. The van der Waals surface area contributed by atoms with E-state index in [1.165, 1.54) is 0 Å². The molecule has 0 fully saturated rings. The van der Waals surface area contributed by atoms with Crippen molar-refractivity contribution >= 4 is 23.7 Å². The Hall–Kier alpha value is -2.94. The highest BCUT2D eigenvalue weighted by atomic mass is 16.4. The van der Waals surface area contributed by atoms with Crippen LogP contribution in [0, 0.1) is 5.92 Å². The van der Waals surface area contributed by atoms with Crippen LogP contribution in [0.3, 0.4) is 0 Å². The van der Waals surface area contributed by atoms with Crippen LogP contribution >= 0.6 is 0 Å². The molecule has 0 unspecified atom stereocenters. The minimum absolute atomic E-state index is 0.0649. The van der Waals surface area contributed by atoms with Gasteiger partial charge in [0.15, 0.2) is 0 Å². The summed E-state index contributed by atoms with van der Waals surface area (Å²) in [5.41, 5.74) is 5.97. The molecule has 3 amide bonds. The number of nitrogens with two attached hydrogens (primary N) is 1. The van der Waals surface area contributed by atoms with Crippen molar-refractivity contribution in [3.63, 3.8) is 0 Å². The number of hydrogen-bond donors (Lipinski definition) is 5. The molecule has 0 bridgehead atoms. The highest BCUT2D eigenvalue weighted by molar-refractivity contribution is 5.92. The van der Waals surface area contributed by atoms with Crippen LogP contribution in [0.25, 0.3) is 0 Å². The van der Waals surface area contributed by atoms with Crippen molar-refractivity contribution in [2.24, 2.45) is 11.7 Å². The molecule has 9 heteroatoms. The van der Waals surface area contributed by atoms with Crippen molar-refractivity contribution < 1.29 is 24.3 Å². The van der Waals surface area contributed by atoms with Crippen molar-refractivity contribution in [3.05, 3.63) is 35.9 Å². The van der Waals surface area contributed by atoms with Crippen LogP contribution in [0.2, 0.25) is 0 Å². The number of amides is 3. The van der Waals surface area contributed by atoms with Crippen LogP contribution in [-0.4, -0.2) is 54.0 Å². The van der Waals surface area contributed by atoms with Crippen LogP contribution in [0.1, 0.15) is 25.8 Å². The molecule has 28 heavy (non-hydrogen) atoms. The molecule has 1 rings (SSSR count). The Kier molecular flexibility index (Phi) is 9.66. The molecule has 9 nitrogen and oxygen atoms in total. The van der Waals surface area contributed by atoms with Crippen molar-refractivity contribution in [1.82, 2.24) is 16.0 Å². The molecule has 0 spiro atoms. The smallest absolute Gasteiger partial charge is 0.326 e. The summed E-state index contributed by atoms with van der Waals surface area (Å²) < 4.78 is 0. The van der Waals surface area contributed by atoms with Gasteiger partial charge in [0.25, 0.3) is 0 Å². The number of carbonyl (C=O) groups is 4. The molecule has 0 heterocycles. The minimum atomic E-state index is -1.14. The van der Waals surface area contributed by atoms with Crippen LogP contribution in [0.5, 0.6) is 0 Å². The highest BCUT2D eigenvalue weighted by Gasteiger charge is 2.27. The molecular formula is C19H28N4O5. The number of carboxylic acids is 1. The van der Waals surface area contributed by atoms with Gasteiger partial charge in [0, 0.05) is 6.42 Å². The molecule has 154 valence electrons. The van der Waals surface area contributed by atoms with Crippen molar-refractivity contribution in [1.29, 1.82) is 0 Å². The second-order valence-electron chi connectivity index (χ2n) is 6.82. The zero-order valence-electron chi connectivity index (χ0n) is 16.1. The lowest BCUT2D eigenvalue weighted by Gasteiger charge is -2.22. The van der Waals surface area contributed by atoms with Gasteiger partial charge in [-0.3, -0.25) is 14.4 Å². The summed E-state index contributed by atoms with van der Waals surface area (Å²) in [5.74, 6) is -2.75. The molecule has 0 radical (unpaired) electrons. The Bertz CT molecular complexity index is 678. The lowest BCUT2D eigenvalue weighted by molar-refractivity contribution is -0.142. The monoisotopic (exact) mass is 392 g/mol. The van der Waals surface area contributed by atoms with Crippen molar-refractivity contribution in [2.75, 3.05) is 13.1 Å². The zero-order valence-corrected chi connectivity index (χ0v) is 16.1. The Balaban J connectivity index is 2.86. The molecule has 0 saturated carbocycles. The van der Waals surface area contributed by atoms with E-state index in [1.54, 1.807) is 24.3 Å². The quantitative estimate of drug-likeness (QED) is 0.339. The normalized spacial score (nSPS) is 12.7. The minimum Gasteiger partial charge on any atom is -0.480 e. The van der Waals surface area contributed by atoms with Crippen molar-refractivity contribution in [2.45, 2.75) is 38.8 Å². The zero-order chi connectivity index (χ0) is 21.1. The largest absolute Gasteiger partial charge is 0.480 e. The van der Waals surface area contributed by atoms with Gasteiger partial charge in [-0.1, -0.05) is 44.2 Å². The van der Waals surface area contributed by atoms with Gasteiger partial charge in [-0.2, -0.15) is 0 Å². The first-order chi connectivity index (χ1) is 13.2. The predicted molar refractivity (Wildman–Crippen MR) is 103 cm³/mol. The van der Waals surface area contributed by atoms with Crippen LogP contribution < -0.4 is 21.7 Å². The topological polar surface area (TPSA) is 151 Å². The summed E-state index contributed by atoms with van der Waals surface area (Å²) in [6.07, 6.45) is 0.441. The number of hydrogen-bond acceptors (Lipinski definition) is 5. The molecule has 6 N–H and O–H groups in total. The van der Waals surface area contributed by atoms with Gasteiger partial charge in [0.1, 0.15) is 12.1 Å². The number of rotatable bonds is 11. The van der Waals surface area contributed by atoms with E-state index < -0.39 is 35.8 Å². The Morgan fingerprint density at radius 1 is 1.00 bits per heavy atom. The molecule has 0 aliphatic heterocycles. The highest BCUT2D eigenvalue weighted by Crippen LogP contribution is 2.07. The molecule has 0 saturated heterocycles. The van der Waals surface area contributed by atoms with E-state index in [0.717, 1.165) is 5.56 Å². The summed E-state index contributed by atoms with van der Waals surface area (Å²) in [7, 11) is 0. The van der Waals surface area contributed by atoms with Gasteiger partial charge < -0.3 is 26.8 Å². The first-order valence-electron chi connectivity index (χ1n) is 9.06. The van der Waals surface area contributed by atoms with E-state index in [4.69, 9.17) is 5.73 Å². The molecule has 0 aromatic heterocycles. The fourth-order valence-electron chi connectivity index (χ4n) is 2.52. The third kappa shape index (κ3) is 8.63. The molecule has 1 aromatic rings. The maximum absolute atomic E-state index is 12.7. The fourth-order valence-corrected chi connectivity index (χ4v) is 2.52. The first kappa shape index (κ1) is 23.1. The second-order valence-corrected chi connectivity index (χ2v) is 6.82. The van der Waals surface area contributed by atoms with Crippen LogP contribution in [-0.2, 0) is 25.6 Å². The van der Waals surface area contributed by atoms with Crippen LogP contribution in [0.4, 0.5) is 0 Å². The van der Waals surface area contributed by atoms with Gasteiger partial charge >= 0.3 is 5.97 Å². The predicted octanol–water partition coefficient (Wildman–Crippen LogP) is -0.596. The number of carboxylic acid groups (broad SMARTS) is 1. The van der Waals surface area contributed by atoms with Gasteiger partial charge in [-0.25, -0.2) is 4.79 Å². The molecule has 1 aromatic carbocycles. The van der Waals surface area contributed by atoms with E-state index in [9.17, 15) is 24.3 Å². The van der Waals surface area contributed by atoms with E-state index >= 15 is 0 Å². The van der Waals surface area contributed by atoms with Gasteiger partial charge in [-0.05, 0) is 17.9 Å². The van der Waals surface area contributed by atoms with Crippen LogP contribution in [0.15, 0.2) is 30.3 Å². The third-order valence-corrected chi connectivity index (χ3v) is 3.89. The van der Waals surface area contributed by atoms with Gasteiger partial charge in [-0.15, -0.1) is 0 Å². The number of benzene rings is 1. The van der Waals surface area contributed by atoms with E-state index in [2.05, 4.69) is 16.0 Å². The fraction of sp³-hybridized carbons (Fsp3) is 0.474. The summed E-state index contributed by atoms with van der Waals surface area (Å²) in [6.45, 7) is 3.12. The summed E-state index contributed by atoms with van der Waals surface area (Å²) >= 11 is 0. The Morgan fingerprint density at radius 3 is 2.18 bits per heavy atom. The average molecular weight is 392 g/mol. The lowest BCUT2D eigenvalue weighted by atomic mass is 10.0. The van der Waals surface area contributed by atoms with E-state index in [-0.39, 0.29) is 31.8 Å². The standard InChI is InChI=1S/C19H28N4O5/c1-12(2)8-15(19(27)28)23-18(26)14(9-13-6-4-3-5-7-13)22-17(25)11-21-16(24)10-20/h3-7,12,14-15H,8-11,20H2,1-2H3,(H,21,24)(H,22,25)(H,23,26)(H,27,28)/t14-,15-/m1/s1. The van der Waals surface area contributed by atoms with E-state index in [1.807, 2.05) is 19.9 Å². The summed E-state index contributed by atoms with van der Waals surface area (Å²) in [6, 6.07) is 6.97. The Morgan fingerprint density at radius 2 is 1.64 bits per heavy atom. The summed E-state index contributed by atoms with van der Waals surface area (Å²) in [5, 5.41) is 16.7. The van der Waals surface area contributed by atoms with E-state index in [0.29, 0.717) is 0 Å². The summed E-state index contributed by atoms with van der Waals surface area (Å²) in [4.78, 5) is 47.4. The molecule has 2 atom stereocenters. The Labute approximate surface area is 164 Å². The average Bonchev–Trinajstić information content (AvgIpc) is 2.65. The van der Waals surface area contributed by atoms with Crippen molar-refractivity contribution in [3.8, 4) is 0 Å². The second kappa shape index (κ2) is 11.7. The maximum atomic E-state index is 12.7. The molecular weight excluding hydrogens is 364 g/mol. The van der Waals surface area contributed by atoms with Gasteiger partial charge in [0.2, 0.25) is 17.7 Å².